The largest absolute Gasteiger partial charge is 0.434 e. The van der Waals surface area contributed by atoms with Crippen molar-refractivity contribution in [1.82, 2.24) is 4.31 Å². The number of rotatable bonds is 7. The number of para-hydroxylation sites is 1. The number of piperidine rings is 1. The van der Waals surface area contributed by atoms with Gasteiger partial charge in [-0.05, 0) is 43.2 Å². The molecule has 1 fully saturated rings. The lowest BCUT2D eigenvalue weighted by atomic mass is 10.1. The van der Waals surface area contributed by atoms with E-state index < -0.39 is 22.5 Å². The molecule has 1 aliphatic rings. The molecule has 3 rings (SSSR count). The van der Waals surface area contributed by atoms with Crippen LogP contribution in [0.15, 0.2) is 59.0 Å². The van der Waals surface area contributed by atoms with Crippen LogP contribution in [-0.4, -0.2) is 38.3 Å². The van der Waals surface area contributed by atoms with Gasteiger partial charge in [0.1, 0.15) is 17.4 Å². The molecule has 32 heavy (non-hydrogen) atoms. The molecule has 1 heterocycles. The Hall–Kier alpha value is -3.29. The zero-order valence-corrected chi connectivity index (χ0v) is 17.8. The maximum absolute atomic E-state index is 12.9. The summed E-state index contributed by atoms with van der Waals surface area (Å²) >= 11 is 0. The summed E-state index contributed by atoms with van der Waals surface area (Å²) in [5.41, 5.74) is -0.0492. The quantitative estimate of drug-likeness (QED) is 0.496. The molecule has 0 aliphatic carbocycles. The van der Waals surface area contributed by atoms with Crippen LogP contribution in [0, 0.1) is 11.3 Å². The number of nitriles is 1. The van der Waals surface area contributed by atoms with Gasteiger partial charge >= 0.3 is 6.61 Å². The average molecular weight is 461 g/mol. The van der Waals surface area contributed by atoms with Crippen LogP contribution in [0.4, 0.5) is 14.5 Å². The van der Waals surface area contributed by atoms with Gasteiger partial charge in [-0.1, -0.05) is 30.7 Å². The van der Waals surface area contributed by atoms with Crippen molar-refractivity contribution in [3.05, 3.63) is 59.7 Å². The van der Waals surface area contributed by atoms with Gasteiger partial charge in [0, 0.05) is 24.3 Å². The number of carbonyl (C=O) groups is 1. The predicted molar refractivity (Wildman–Crippen MR) is 114 cm³/mol. The molecule has 1 saturated heterocycles. The molecule has 2 aromatic rings. The molecule has 10 heteroatoms. The number of sulfonamides is 1. The lowest BCUT2D eigenvalue weighted by Crippen LogP contribution is -2.35. The first-order valence-electron chi connectivity index (χ1n) is 9.88. The molecule has 1 aliphatic heterocycles. The van der Waals surface area contributed by atoms with Gasteiger partial charge in [-0.25, -0.2) is 8.42 Å². The van der Waals surface area contributed by atoms with Crippen LogP contribution in [0.2, 0.25) is 0 Å². The highest BCUT2D eigenvalue weighted by Gasteiger charge is 2.26. The standard InChI is InChI=1S/C22H21F2N3O4S/c23-22(24)31-20-10-3-2-7-16(20)13-17(15-25)21(28)26-18-8-6-9-19(14-18)32(29,30)27-11-4-1-5-12-27/h2-3,6-10,13-14,22H,1,4-5,11-12H2,(H,26,28)/b17-13+. The molecule has 7 nitrogen and oxygen atoms in total. The van der Waals surface area contributed by atoms with E-state index in [1.54, 1.807) is 12.1 Å². The van der Waals surface area contributed by atoms with Gasteiger partial charge in [-0.3, -0.25) is 4.79 Å². The Morgan fingerprint density at radius 2 is 1.84 bits per heavy atom. The third-order valence-corrected chi connectivity index (χ3v) is 6.74. The van der Waals surface area contributed by atoms with E-state index in [1.807, 2.05) is 0 Å². The van der Waals surface area contributed by atoms with Crippen molar-refractivity contribution < 1.29 is 26.7 Å². The molecule has 0 unspecified atom stereocenters. The minimum Gasteiger partial charge on any atom is -0.434 e. The summed E-state index contributed by atoms with van der Waals surface area (Å²) in [5.74, 6) is -0.996. The number of benzene rings is 2. The second-order valence-electron chi connectivity index (χ2n) is 7.03. The van der Waals surface area contributed by atoms with Crippen molar-refractivity contribution in [2.45, 2.75) is 30.8 Å². The highest BCUT2D eigenvalue weighted by molar-refractivity contribution is 7.89. The van der Waals surface area contributed by atoms with Crippen molar-refractivity contribution in [2.24, 2.45) is 0 Å². The summed E-state index contributed by atoms with van der Waals surface area (Å²) < 4.78 is 56.7. The highest BCUT2D eigenvalue weighted by Crippen LogP contribution is 2.25. The molecule has 1 N–H and O–H groups in total. The zero-order chi connectivity index (χ0) is 23.1. The van der Waals surface area contributed by atoms with E-state index in [9.17, 15) is 27.3 Å². The summed E-state index contributed by atoms with van der Waals surface area (Å²) in [5, 5.41) is 11.9. The summed E-state index contributed by atoms with van der Waals surface area (Å²) in [6.07, 6.45) is 3.70. The molecular weight excluding hydrogens is 440 g/mol. The van der Waals surface area contributed by atoms with E-state index >= 15 is 0 Å². The van der Waals surface area contributed by atoms with Gasteiger partial charge in [0.05, 0.1) is 4.90 Å². The van der Waals surface area contributed by atoms with Crippen LogP contribution in [0.25, 0.3) is 6.08 Å². The van der Waals surface area contributed by atoms with E-state index in [4.69, 9.17) is 0 Å². The van der Waals surface area contributed by atoms with Crippen molar-refractivity contribution in [3.8, 4) is 11.8 Å². The Bertz CT molecular complexity index is 1150. The molecule has 0 radical (unpaired) electrons. The fraction of sp³-hybridized carbons (Fsp3) is 0.273. The molecule has 2 aromatic carbocycles. The number of alkyl halides is 2. The first-order valence-corrected chi connectivity index (χ1v) is 11.3. The Labute approximate surface area is 185 Å². The van der Waals surface area contributed by atoms with Crippen LogP contribution in [0.3, 0.4) is 0 Å². The minimum atomic E-state index is -3.70. The van der Waals surface area contributed by atoms with Gasteiger partial charge in [0.15, 0.2) is 0 Å². The number of amides is 1. The van der Waals surface area contributed by atoms with Crippen LogP contribution in [-0.2, 0) is 14.8 Å². The fourth-order valence-corrected chi connectivity index (χ4v) is 4.86. The molecule has 0 atom stereocenters. The molecule has 0 bridgehead atoms. The predicted octanol–water partition coefficient (Wildman–Crippen LogP) is 4.01. The van der Waals surface area contributed by atoms with E-state index in [0.29, 0.717) is 13.1 Å². The van der Waals surface area contributed by atoms with Crippen LogP contribution >= 0.6 is 0 Å². The van der Waals surface area contributed by atoms with Crippen LogP contribution in [0.5, 0.6) is 5.75 Å². The maximum atomic E-state index is 12.9. The third-order valence-electron chi connectivity index (χ3n) is 4.84. The number of ether oxygens (including phenoxy) is 1. The maximum Gasteiger partial charge on any atom is 0.387 e. The number of hydrogen-bond donors (Lipinski definition) is 1. The van der Waals surface area contributed by atoms with Crippen molar-refractivity contribution >= 4 is 27.7 Å². The third kappa shape index (κ3) is 5.69. The number of nitrogens with one attached hydrogen (secondary N) is 1. The monoisotopic (exact) mass is 461 g/mol. The highest BCUT2D eigenvalue weighted by atomic mass is 32.2. The van der Waals surface area contributed by atoms with Crippen LogP contribution < -0.4 is 10.1 Å². The Kier molecular flexibility index (Phi) is 7.56. The number of hydrogen-bond acceptors (Lipinski definition) is 5. The van der Waals surface area contributed by atoms with Crippen LogP contribution in [0.1, 0.15) is 24.8 Å². The first-order chi connectivity index (χ1) is 15.3. The molecular formula is C22H21F2N3O4S. The minimum absolute atomic E-state index is 0.0374. The summed E-state index contributed by atoms with van der Waals surface area (Å²) in [4.78, 5) is 12.6. The number of nitrogens with zero attached hydrogens (tertiary/aromatic N) is 2. The number of anilines is 1. The Morgan fingerprint density at radius 1 is 1.12 bits per heavy atom. The fourth-order valence-electron chi connectivity index (χ4n) is 3.29. The van der Waals surface area contributed by atoms with Gasteiger partial charge in [0.2, 0.25) is 10.0 Å². The van der Waals surface area contributed by atoms with Gasteiger partial charge in [-0.15, -0.1) is 0 Å². The normalized spacial score (nSPS) is 15.2. The second-order valence-corrected chi connectivity index (χ2v) is 8.97. The Morgan fingerprint density at radius 3 is 2.53 bits per heavy atom. The second kappa shape index (κ2) is 10.3. The summed E-state index contributed by atoms with van der Waals surface area (Å²) in [6.45, 7) is -2.17. The van der Waals surface area contributed by atoms with E-state index in [1.165, 1.54) is 46.8 Å². The topological polar surface area (TPSA) is 99.5 Å². The lowest BCUT2D eigenvalue weighted by Gasteiger charge is -2.26. The van der Waals surface area contributed by atoms with Crippen molar-refractivity contribution in [2.75, 3.05) is 18.4 Å². The van der Waals surface area contributed by atoms with E-state index in [-0.39, 0.29) is 27.5 Å². The lowest BCUT2D eigenvalue weighted by molar-refractivity contribution is -0.112. The molecule has 0 aromatic heterocycles. The molecule has 1 amide bonds. The SMILES string of the molecule is N#C/C(=C\c1ccccc1OC(F)F)C(=O)Nc1cccc(S(=O)(=O)N2CCCCC2)c1. The van der Waals surface area contributed by atoms with Gasteiger partial charge in [0.25, 0.3) is 5.91 Å². The van der Waals surface area contributed by atoms with E-state index in [0.717, 1.165) is 25.3 Å². The molecule has 168 valence electrons. The van der Waals surface area contributed by atoms with Crippen molar-refractivity contribution in [1.29, 1.82) is 5.26 Å². The average Bonchev–Trinajstić information content (AvgIpc) is 2.78. The van der Waals surface area contributed by atoms with Gasteiger partial charge < -0.3 is 10.1 Å². The molecule has 0 spiro atoms. The van der Waals surface area contributed by atoms with Crippen molar-refractivity contribution in [3.63, 3.8) is 0 Å². The first kappa shape index (κ1) is 23.4. The molecule has 0 saturated carbocycles. The number of halogens is 2. The summed E-state index contributed by atoms with van der Waals surface area (Å²) in [7, 11) is -3.70. The van der Waals surface area contributed by atoms with Gasteiger partial charge in [-0.2, -0.15) is 18.3 Å². The Balaban J connectivity index is 1.82. The van der Waals surface area contributed by atoms with E-state index in [2.05, 4.69) is 10.1 Å². The smallest absolute Gasteiger partial charge is 0.387 e. The zero-order valence-electron chi connectivity index (χ0n) is 17.0. The summed E-state index contributed by atoms with van der Waals surface area (Å²) in [6, 6.07) is 13.2. The number of carbonyl (C=O) groups excluding carboxylic acids is 1.